The van der Waals surface area contributed by atoms with Gasteiger partial charge in [-0.2, -0.15) is 18.3 Å². The van der Waals surface area contributed by atoms with Gasteiger partial charge in [-0.05, 0) is 62.1 Å². The summed E-state index contributed by atoms with van der Waals surface area (Å²) in [6, 6.07) is 11.8. The van der Waals surface area contributed by atoms with Crippen molar-refractivity contribution in [1.82, 2.24) is 40.6 Å². The van der Waals surface area contributed by atoms with E-state index in [9.17, 15) is 46.7 Å². The molecule has 7 N–H and O–H groups in total. The van der Waals surface area contributed by atoms with Crippen LogP contribution in [-0.2, 0) is 39.6 Å². The number of H-pyrrole nitrogens is 1. The third-order valence-corrected chi connectivity index (χ3v) is 13.4. The van der Waals surface area contributed by atoms with Gasteiger partial charge in [0.25, 0.3) is 17.7 Å². The molecule has 2 aliphatic heterocycles. The molecule has 7 amide bonds. The fraction of sp³-hybridized carbons (Fsp3) is 0.407. The number of hydrogen-bond acceptors (Lipinski definition) is 15. The number of rotatable bonds is 25. The number of alkyl halides is 3. The highest BCUT2D eigenvalue weighted by molar-refractivity contribution is 6.25. The Morgan fingerprint density at radius 1 is 0.859 bits per heavy atom. The van der Waals surface area contributed by atoms with Gasteiger partial charge in [-0.25, -0.2) is 9.97 Å². The number of carbonyl (C=O) groups excluding carboxylic acids is 7. The molecule has 1 saturated carbocycles. The van der Waals surface area contributed by atoms with Crippen molar-refractivity contribution in [2.75, 3.05) is 75.6 Å². The van der Waals surface area contributed by atoms with E-state index in [4.69, 9.17) is 19.9 Å². The van der Waals surface area contributed by atoms with Crippen LogP contribution in [-0.4, -0.2) is 143 Å². The zero-order chi connectivity index (χ0) is 55.2. The third kappa shape index (κ3) is 14.3. The monoisotopic (exact) mass is 1080 g/mol. The van der Waals surface area contributed by atoms with Crippen LogP contribution in [0.1, 0.15) is 106 Å². The Kier molecular flexibility index (Phi) is 18.9. The standard InChI is InChI=1S/C54H60F3N11O10/c55-54(56,57)36-18-21-60-41(31-36)63-50(72)34-14-12-33(13-15-34)47-46-48(66-65-47)35(32-61-49(46)58)7-4-5-23-67(24-19-43(70)62-37-8-2-1-3-9-37)44(71)20-25-76-27-29-78-30-28-77-26-22-59-39-11-6-10-38-45(39)53(75)68(52(38)74)40-16-17-42(69)64-51(40)73/h4,6-7,10-15,18,21,31-32,37,40,59H,1-3,5,8-9,16-17,19-20,22-30H2,(H2,58,61)(H,62,70)(H,65,66)(H,60,63,72)(H,64,69,73)/b7-4+. The highest BCUT2D eigenvalue weighted by Gasteiger charge is 2.45. The van der Waals surface area contributed by atoms with Crippen LogP contribution in [0.25, 0.3) is 28.2 Å². The first-order valence-electron chi connectivity index (χ1n) is 25.8. The Morgan fingerprint density at radius 3 is 2.35 bits per heavy atom. The second-order valence-electron chi connectivity index (χ2n) is 18.8. The molecule has 0 radical (unpaired) electrons. The zero-order valence-electron chi connectivity index (χ0n) is 42.6. The summed E-state index contributed by atoms with van der Waals surface area (Å²) >= 11 is 0. The van der Waals surface area contributed by atoms with E-state index in [2.05, 4.69) is 41.4 Å². The van der Waals surface area contributed by atoms with Crippen LogP contribution >= 0.6 is 0 Å². The summed E-state index contributed by atoms with van der Waals surface area (Å²) in [7, 11) is 0. The molecule has 21 nitrogen and oxygen atoms in total. The average Bonchev–Trinajstić information content (AvgIpc) is 4.13. The summed E-state index contributed by atoms with van der Waals surface area (Å²) in [5, 5.41) is 18.9. The largest absolute Gasteiger partial charge is 0.416 e. The number of imide groups is 2. The Hall–Kier alpha value is -8.09. The minimum absolute atomic E-state index is 0.0284. The Labute approximate surface area is 446 Å². The Balaban J connectivity index is 0.768. The van der Waals surface area contributed by atoms with E-state index in [1.165, 1.54) is 18.2 Å². The molecule has 412 valence electrons. The molecule has 0 bridgehead atoms. The summed E-state index contributed by atoms with van der Waals surface area (Å²) < 4.78 is 56.5. The number of halogens is 3. The van der Waals surface area contributed by atoms with Crippen LogP contribution in [0.5, 0.6) is 0 Å². The summed E-state index contributed by atoms with van der Waals surface area (Å²) in [5.41, 5.74) is 8.65. The van der Waals surface area contributed by atoms with Gasteiger partial charge in [0.05, 0.1) is 73.8 Å². The van der Waals surface area contributed by atoms with Crippen LogP contribution in [0.3, 0.4) is 0 Å². The van der Waals surface area contributed by atoms with E-state index in [0.717, 1.165) is 55.3 Å². The number of nitrogens with two attached hydrogens (primary N) is 1. The van der Waals surface area contributed by atoms with E-state index >= 15 is 0 Å². The molecule has 1 unspecified atom stereocenters. The fourth-order valence-corrected chi connectivity index (χ4v) is 9.41. The van der Waals surface area contributed by atoms with Crippen LogP contribution < -0.4 is 27.0 Å². The Bertz CT molecular complexity index is 3030. The maximum atomic E-state index is 13.6. The quantitative estimate of drug-likeness (QED) is 0.0293. The SMILES string of the molecule is Nc1ncc(/C=C/CCN(CCC(=O)NC2CCCCC2)C(=O)CCOCCOCCOCCNc2cccc3c2C(=O)N(C2CCC(=O)NC2=O)C3=O)c2n[nH]c(-c3ccc(C(=O)Nc4cc(C(F)(F)F)ccn4)cc3)c12. The van der Waals surface area contributed by atoms with Crippen molar-refractivity contribution in [3.63, 3.8) is 0 Å². The highest BCUT2D eigenvalue weighted by Crippen LogP contribution is 2.34. The summed E-state index contributed by atoms with van der Waals surface area (Å²) in [6.45, 7) is 2.27. The molecule has 24 heteroatoms. The van der Waals surface area contributed by atoms with Gasteiger partial charge in [-0.1, -0.05) is 49.6 Å². The van der Waals surface area contributed by atoms with E-state index in [1.54, 1.807) is 35.4 Å². The predicted molar refractivity (Wildman–Crippen MR) is 279 cm³/mol. The van der Waals surface area contributed by atoms with E-state index in [1.807, 2.05) is 12.2 Å². The maximum absolute atomic E-state index is 13.6. The molecule has 5 aromatic rings. The summed E-state index contributed by atoms with van der Waals surface area (Å²) in [5.74, 6) is -3.29. The number of benzene rings is 2. The number of amides is 7. The first-order chi connectivity index (χ1) is 37.7. The number of nitrogen functional groups attached to an aromatic ring is 1. The van der Waals surface area contributed by atoms with Gasteiger partial charge in [-0.15, -0.1) is 0 Å². The smallest absolute Gasteiger partial charge is 0.383 e. The number of fused-ring (bicyclic) bond motifs is 2. The van der Waals surface area contributed by atoms with Gasteiger partial charge < -0.3 is 40.8 Å². The summed E-state index contributed by atoms with van der Waals surface area (Å²) in [6.07, 6.45) is 7.59. The lowest BCUT2D eigenvalue weighted by Gasteiger charge is -2.27. The van der Waals surface area contributed by atoms with Crippen LogP contribution in [0.2, 0.25) is 0 Å². The Morgan fingerprint density at radius 2 is 1.60 bits per heavy atom. The van der Waals surface area contributed by atoms with Crippen molar-refractivity contribution in [3.05, 3.63) is 101 Å². The van der Waals surface area contributed by atoms with E-state index in [-0.39, 0.29) is 118 Å². The van der Waals surface area contributed by atoms with Crippen molar-refractivity contribution in [2.45, 2.75) is 82.5 Å². The minimum atomic E-state index is -4.60. The first-order valence-corrected chi connectivity index (χ1v) is 25.8. The number of aromatic nitrogens is 4. The zero-order valence-corrected chi connectivity index (χ0v) is 42.6. The number of carbonyl (C=O) groups is 7. The highest BCUT2D eigenvalue weighted by atomic mass is 19.4. The normalized spacial score (nSPS) is 15.9. The molecule has 1 aliphatic carbocycles. The fourth-order valence-electron chi connectivity index (χ4n) is 9.41. The molecule has 1 saturated heterocycles. The van der Waals surface area contributed by atoms with E-state index in [0.29, 0.717) is 52.9 Å². The molecule has 5 heterocycles. The second-order valence-corrected chi connectivity index (χ2v) is 18.8. The number of piperidine rings is 1. The number of nitrogens with zero attached hydrogens (tertiary/aromatic N) is 5. The third-order valence-electron chi connectivity index (χ3n) is 13.4. The van der Waals surface area contributed by atoms with Crippen molar-refractivity contribution >= 4 is 75.7 Å². The van der Waals surface area contributed by atoms with Crippen molar-refractivity contribution in [1.29, 1.82) is 0 Å². The number of ether oxygens (including phenoxy) is 3. The van der Waals surface area contributed by atoms with Crippen molar-refractivity contribution in [2.24, 2.45) is 0 Å². The van der Waals surface area contributed by atoms with E-state index < -0.39 is 47.3 Å². The average molecular weight is 1080 g/mol. The van der Waals surface area contributed by atoms with Crippen LogP contribution in [0.15, 0.2) is 73.1 Å². The molecular weight excluding hydrogens is 1020 g/mol. The number of pyridine rings is 2. The summed E-state index contributed by atoms with van der Waals surface area (Å²) in [4.78, 5) is 101. The van der Waals surface area contributed by atoms with Crippen LogP contribution in [0, 0.1) is 0 Å². The van der Waals surface area contributed by atoms with Crippen LogP contribution in [0.4, 0.5) is 30.5 Å². The van der Waals surface area contributed by atoms with Gasteiger partial charge in [0.15, 0.2) is 0 Å². The predicted octanol–water partition coefficient (Wildman–Crippen LogP) is 5.90. The number of anilines is 3. The number of nitrogens with one attached hydrogen (secondary N) is 5. The van der Waals surface area contributed by atoms with Gasteiger partial charge in [0.2, 0.25) is 23.6 Å². The van der Waals surface area contributed by atoms with Crippen molar-refractivity contribution < 1.29 is 60.9 Å². The lowest BCUT2D eigenvalue weighted by atomic mass is 9.95. The van der Waals surface area contributed by atoms with Gasteiger partial charge in [-0.3, -0.25) is 48.9 Å². The molecule has 2 aromatic carbocycles. The lowest BCUT2D eigenvalue weighted by Crippen LogP contribution is -2.54. The van der Waals surface area contributed by atoms with Crippen molar-refractivity contribution in [3.8, 4) is 11.3 Å². The topological polar surface area (TPSA) is 282 Å². The maximum Gasteiger partial charge on any atom is 0.416 e. The second kappa shape index (κ2) is 26.3. The minimum Gasteiger partial charge on any atom is -0.383 e. The number of aromatic amines is 1. The van der Waals surface area contributed by atoms with Gasteiger partial charge >= 0.3 is 6.18 Å². The molecular formula is C54H60F3N11O10. The molecule has 1 atom stereocenters. The molecule has 8 rings (SSSR count). The lowest BCUT2D eigenvalue weighted by molar-refractivity contribution is -0.138. The molecule has 78 heavy (non-hydrogen) atoms. The first kappa shape index (κ1) is 56.1. The van der Waals surface area contributed by atoms with Gasteiger partial charge in [0, 0.05) is 73.3 Å². The number of hydrogen-bond donors (Lipinski definition) is 6. The molecule has 3 aliphatic rings. The van der Waals surface area contributed by atoms with Gasteiger partial charge in [0.1, 0.15) is 23.2 Å². The molecule has 2 fully saturated rings. The molecule has 0 spiro atoms. The molecule has 3 aromatic heterocycles.